The molecule has 1 aliphatic heterocycles. The number of halogens is 1. The van der Waals surface area contributed by atoms with Gasteiger partial charge in [0.15, 0.2) is 0 Å². The fourth-order valence-electron chi connectivity index (χ4n) is 2.45. The molecule has 0 radical (unpaired) electrons. The molecule has 80 valence electrons. The average Bonchev–Trinajstić information content (AvgIpc) is 2.66. The number of carboxylic acid groups (broad SMARTS) is 1. The number of nitrogens with zero attached hydrogens (tertiary/aromatic N) is 1. The van der Waals surface area contributed by atoms with Crippen LogP contribution in [-0.2, 0) is 4.79 Å². The molecule has 4 heteroatoms. The summed E-state index contributed by atoms with van der Waals surface area (Å²) in [6.45, 7) is 5.16. The van der Waals surface area contributed by atoms with Gasteiger partial charge in [-0.2, -0.15) is 0 Å². The fraction of sp³-hybridized carbons (Fsp3) is 0.900. The molecule has 0 amide bonds. The van der Waals surface area contributed by atoms with Crippen LogP contribution in [0.25, 0.3) is 0 Å². The third-order valence-electron chi connectivity index (χ3n) is 3.78. The van der Waals surface area contributed by atoms with Gasteiger partial charge in [0.1, 0.15) is 0 Å². The number of hydrogen-bond donors (Lipinski definition) is 1. The van der Waals surface area contributed by atoms with Gasteiger partial charge in [-0.05, 0) is 24.3 Å². The summed E-state index contributed by atoms with van der Waals surface area (Å²) in [5.74, 6) is 0.0505. The first-order chi connectivity index (χ1) is 6.54. The van der Waals surface area contributed by atoms with Gasteiger partial charge in [0.2, 0.25) is 0 Å². The highest BCUT2D eigenvalue weighted by atomic mass is 79.9. The molecule has 0 aromatic heterocycles. The molecule has 14 heavy (non-hydrogen) atoms. The molecule has 2 rings (SSSR count). The lowest BCUT2D eigenvalue weighted by Crippen LogP contribution is -2.35. The minimum atomic E-state index is -0.690. The quantitative estimate of drug-likeness (QED) is 0.785. The first kappa shape index (κ1) is 10.4. The molecule has 0 aromatic rings. The highest BCUT2D eigenvalue weighted by molar-refractivity contribution is 9.09. The second-order valence-electron chi connectivity index (χ2n) is 4.71. The Hall–Kier alpha value is -0.0900. The van der Waals surface area contributed by atoms with E-state index in [-0.39, 0.29) is 6.42 Å². The van der Waals surface area contributed by atoms with Crippen molar-refractivity contribution in [1.82, 2.24) is 4.90 Å². The first-order valence-corrected chi connectivity index (χ1v) is 6.04. The Morgan fingerprint density at radius 1 is 1.71 bits per heavy atom. The van der Waals surface area contributed by atoms with Crippen molar-refractivity contribution >= 4 is 21.9 Å². The molecule has 0 aromatic carbocycles. The second kappa shape index (κ2) is 3.49. The zero-order valence-corrected chi connectivity index (χ0v) is 9.96. The number of rotatable bonds is 3. The Bertz CT molecular complexity index is 259. The first-order valence-electron chi connectivity index (χ1n) is 5.12. The number of fused-ring (bicyclic) bond motifs is 1. The predicted octanol–water partition coefficient (Wildman–Crippen LogP) is 1.57. The third kappa shape index (κ3) is 1.70. The number of likely N-dealkylation sites (tertiary alicyclic amines) is 1. The van der Waals surface area contributed by atoms with Crippen molar-refractivity contribution in [3.8, 4) is 0 Å². The number of aliphatic carboxylic acids is 1. The lowest BCUT2D eigenvalue weighted by molar-refractivity contribution is -0.137. The van der Waals surface area contributed by atoms with E-state index in [4.69, 9.17) is 5.11 Å². The Kier molecular flexibility index (Phi) is 2.60. The van der Waals surface area contributed by atoms with Crippen LogP contribution in [0.5, 0.6) is 0 Å². The Morgan fingerprint density at radius 2 is 2.43 bits per heavy atom. The zero-order chi connectivity index (χ0) is 10.3. The van der Waals surface area contributed by atoms with Gasteiger partial charge in [0, 0.05) is 17.9 Å². The average molecular weight is 262 g/mol. The van der Waals surface area contributed by atoms with E-state index in [1.54, 1.807) is 0 Å². The van der Waals surface area contributed by atoms with Crippen molar-refractivity contribution in [1.29, 1.82) is 0 Å². The normalized spacial score (nSPS) is 41.9. The zero-order valence-electron chi connectivity index (χ0n) is 8.37. The molecule has 0 spiro atoms. The van der Waals surface area contributed by atoms with Crippen molar-refractivity contribution in [3.63, 3.8) is 0 Å². The van der Waals surface area contributed by atoms with Crippen LogP contribution in [0.2, 0.25) is 0 Å². The molecular weight excluding hydrogens is 246 g/mol. The lowest BCUT2D eigenvalue weighted by Gasteiger charge is -2.28. The molecule has 2 fully saturated rings. The topological polar surface area (TPSA) is 40.5 Å². The molecule has 3 nitrogen and oxygen atoms in total. The van der Waals surface area contributed by atoms with Crippen LogP contribution < -0.4 is 0 Å². The van der Waals surface area contributed by atoms with E-state index in [0.717, 1.165) is 19.0 Å². The standard InChI is InChI=1S/C10H16BrNO2/c1-10-3-5-12(4-2-8(13)14)6-7(10)9(10)11/h7,9H,2-6H2,1H3,(H,13,14). The van der Waals surface area contributed by atoms with E-state index < -0.39 is 5.97 Å². The van der Waals surface area contributed by atoms with Gasteiger partial charge in [-0.15, -0.1) is 0 Å². The number of piperidine rings is 1. The van der Waals surface area contributed by atoms with Gasteiger partial charge in [-0.25, -0.2) is 0 Å². The summed E-state index contributed by atoms with van der Waals surface area (Å²) < 4.78 is 0. The summed E-state index contributed by atoms with van der Waals surface area (Å²) in [6, 6.07) is 0. The van der Waals surface area contributed by atoms with Gasteiger partial charge >= 0.3 is 5.97 Å². The van der Waals surface area contributed by atoms with E-state index in [1.807, 2.05) is 0 Å². The third-order valence-corrected chi connectivity index (χ3v) is 5.47. The summed E-state index contributed by atoms with van der Waals surface area (Å²) in [5.41, 5.74) is 0.500. The summed E-state index contributed by atoms with van der Waals surface area (Å²) in [4.78, 5) is 13.4. The van der Waals surface area contributed by atoms with Crippen molar-refractivity contribution in [3.05, 3.63) is 0 Å². The van der Waals surface area contributed by atoms with Crippen LogP contribution in [0.15, 0.2) is 0 Å². The highest BCUT2D eigenvalue weighted by Gasteiger charge is 2.61. The molecule has 1 heterocycles. The van der Waals surface area contributed by atoms with Crippen LogP contribution in [0.1, 0.15) is 19.8 Å². The molecule has 2 aliphatic rings. The highest BCUT2D eigenvalue weighted by Crippen LogP contribution is 2.61. The molecule has 1 aliphatic carbocycles. The number of carboxylic acids is 1. The fourth-order valence-corrected chi connectivity index (χ4v) is 3.64. The molecule has 3 atom stereocenters. The van der Waals surface area contributed by atoms with Gasteiger partial charge in [0.25, 0.3) is 0 Å². The summed E-state index contributed by atoms with van der Waals surface area (Å²) in [7, 11) is 0. The summed E-state index contributed by atoms with van der Waals surface area (Å²) in [5, 5.41) is 8.59. The molecule has 1 N–H and O–H groups in total. The van der Waals surface area contributed by atoms with E-state index in [1.165, 1.54) is 6.42 Å². The Balaban J connectivity index is 1.80. The summed E-state index contributed by atoms with van der Waals surface area (Å²) >= 11 is 3.70. The van der Waals surface area contributed by atoms with Crippen LogP contribution in [-0.4, -0.2) is 40.4 Å². The van der Waals surface area contributed by atoms with Crippen LogP contribution in [0.3, 0.4) is 0 Å². The number of hydrogen-bond acceptors (Lipinski definition) is 2. The van der Waals surface area contributed by atoms with Crippen LogP contribution in [0, 0.1) is 11.3 Å². The number of alkyl halides is 1. The van der Waals surface area contributed by atoms with Crippen LogP contribution in [0.4, 0.5) is 0 Å². The molecule has 3 unspecified atom stereocenters. The largest absolute Gasteiger partial charge is 0.481 e. The molecule has 0 bridgehead atoms. The van der Waals surface area contributed by atoms with Gasteiger partial charge in [0.05, 0.1) is 6.42 Å². The number of carbonyl (C=O) groups is 1. The maximum atomic E-state index is 10.4. The Labute approximate surface area is 92.6 Å². The Morgan fingerprint density at radius 3 is 3.00 bits per heavy atom. The van der Waals surface area contributed by atoms with Gasteiger partial charge in [-0.1, -0.05) is 22.9 Å². The monoisotopic (exact) mass is 261 g/mol. The van der Waals surface area contributed by atoms with Crippen LogP contribution >= 0.6 is 15.9 Å². The minimum Gasteiger partial charge on any atom is -0.481 e. The smallest absolute Gasteiger partial charge is 0.304 e. The van der Waals surface area contributed by atoms with Crippen molar-refractivity contribution < 1.29 is 9.90 Å². The van der Waals surface area contributed by atoms with Gasteiger partial charge in [-0.3, -0.25) is 4.79 Å². The van der Waals surface area contributed by atoms with E-state index in [0.29, 0.717) is 16.8 Å². The maximum absolute atomic E-state index is 10.4. The SMILES string of the molecule is CC12CCN(CCC(=O)O)CC1C2Br. The van der Waals surface area contributed by atoms with E-state index in [2.05, 4.69) is 27.8 Å². The second-order valence-corrected chi connectivity index (χ2v) is 5.69. The van der Waals surface area contributed by atoms with Crippen molar-refractivity contribution in [2.24, 2.45) is 11.3 Å². The predicted molar refractivity (Wildman–Crippen MR) is 57.6 cm³/mol. The van der Waals surface area contributed by atoms with Crippen molar-refractivity contribution in [2.45, 2.75) is 24.6 Å². The van der Waals surface area contributed by atoms with Gasteiger partial charge < -0.3 is 10.0 Å². The van der Waals surface area contributed by atoms with E-state index >= 15 is 0 Å². The molecule has 1 saturated carbocycles. The van der Waals surface area contributed by atoms with E-state index in [9.17, 15) is 4.79 Å². The minimum absolute atomic E-state index is 0.274. The molecular formula is C10H16BrNO2. The molecule has 1 saturated heterocycles. The summed E-state index contributed by atoms with van der Waals surface area (Å²) in [6.07, 6.45) is 1.48. The van der Waals surface area contributed by atoms with Crippen molar-refractivity contribution in [2.75, 3.05) is 19.6 Å². The lowest BCUT2D eigenvalue weighted by atomic mass is 9.98. The maximum Gasteiger partial charge on any atom is 0.304 e.